The number of hydrogen-bond acceptors (Lipinski definition) is 3. The van der Waals surface area contributed by atoms with Crippen LogP contribution in [0.2, 0.25) is 0 Å². The fourth-order valence-electron chi connectivity index (χ4n) is 2.53. The van der Waals surface area contributed by atoms with Gasteiger partial charge in [-0.05, 0) is 32.4 Å². The lowest BCUT2D eigenvalue weighted by molar-refractivity contribution is -0.133. The van der Waals surface area contributed by atoms with Crippen molar-refractivity contribution in [1.29, 1.82) is 0 Å². The van der Waals surface area contributed by atoms with Crippen molar-refractivity contribution in [2.45, 2.75) is 25.7 Å². The van der Waals surface area contributed by atoms with Crippen LogP contribution in [0, 0.1) is 0 Å². The van der Waals surface area contributed by atoms with E-state index in [-0.39, 0.29) is 11.8 Å². The number of carbonyl (C=O) groups is 1. The minimum Gasteiger partial charge on any atom is -0.493 e. The van der Waals surface area contributed by atoms with Gasteiger partial charge in [0.25, 0.3) is 0 Å². The fourth-order valence-corrected chi connectivity index (χ4v) is 2.53. The van der Waals surface area contributed by atoms with Crippen LogP contribution in [-0.4, -0.2) is 37.0 Å². The molecule has 4 heteroatoms. The van der Waals surface area contributed by atoms with Gasteiger partial charge in [-0.1, -0.05) is 18.2 Å². The van der Waals surface area contributed by atoms with Crippen LogP contribution in [-0.2, 0) is 4.79 Å². The summed E-state index contributed by atoms with van der Waals surface area (Å²) in [5.74, 6) is 0.983. The third-order valence-corrected chi connectivity index (χ3v) is 3.58. The SMILES string of the molecule is CCN(CCCN)C(=O)C1CCOc2ccccc21. The van der Waals surface area contributed by atoms with Crippen LogP contribution in [0.5, 0.6) is 5.75 Å². The zero-order valence-electron chi connectivity index (χ0n) is 11.5. The highest BCUT2D eigenvalue weighted by atomic mass is 16.5. The van der Waals surface area contributed by atoms with Crippen LogP contribution in [0.15, 0.2) is 24.3 Å². The number of nitrogens with zero attached hydrogens (tertiary/aromatic N) is 1. The van der Waals surface area contributed by atoms with E-state index in [4.69, 9.17) is 10.5 Å². The predicted molar refractivity (Wildman–Crippen MR) is 75.2 cm³/mol. The first kappa shape index (κ1) is 13.9. The maximum absolute atomic E-state index is 12.6. The van der Waals surface area contributed by atoms with Crippen LogP contribution >= 0.6 is 0 Å². The number of para-hydroxylation sites is 1. The molecule has 0 bridgehead atoms. The van der Waals surface area contributed by atoms with Gasteiger partial charge in [-0.3, -0.25) is 4.79 Å². The Morgan fingerprint density at radius 1 is 1.47 bits per heavy atom. The number of fused-ring (bicyclic) bond motifs is 1. The van der Waals surface area contributed by atoms with Crippen molar-refractivity contribution in [3.05, 3.63) is 29.8 Å². The Bertz CT molecular complexity index is 434. The maximum Gasteiger partial charge on any atom is 0.230 e. The first-order valence-electron chi connectivity index (χ1n) is 6.98. The fraction of sp³-hybridized carbons (Fsp3) is 0.533. The van der Waals surface area contributed by atoms with Gasteiger partial charge in [0.05, 0.1) is 12.5 Å². The first-order chi connectivity index (χ1) is 9.27. The van der Waals surface area contributed by atoms with Crippen LogP contribution in [0.3, 0.4) is 0 Å². The van der Waals surface area contributed by atoms with Crippen molar-refractivity contribution in [2.75, 3.05) is 26.2 Å². The van der Waals surface area contributed by atoms with Crippen LogP contribution in [0.25, 0.3) is 0 Å². The summed E-state index contributed by atoms with van der Waals surface area (Å²) in [5.41, 5.74) is 6.55. The smallest absolute Gasteiger partial charge is 0.230 e. The van der Waals surface area contributed by atoms with E-state index < -0.39 is 0 Å². The van der Waals surface area contributed by atoms with Crippen molar-refractivity contribution < 1.29 is 9.53 Å². The van der Waals surface area contributed by atoms with Crippen molar-refractivity contribution in [3.63, 3.8) is 0 Å². The van der Waals surface area contributed by atoms with Crippen molar-refractivity contribution in [3.8, 4) is 5.75 Å². The van der Waals surface area contributed by atoms with Crippen molar-refractivity contribution >= 4 is 5.91 Å². The average Bonchev–Trinajstić information content (AvgIpc) is 2.47. The number of rotatable bonds is 5. The molecule has 1 heterocycles. The minimum absolute atomic E-state index is 0.0670. The van der Waals surface area contributed by atoms with Gasteiger partial charge < -0.3 is 15.4 Å². The number of ether oxygens (including phenoxy) is 1. The van der Waals surface area contributed by atoms with E-state index in [1.807, 2.05) is 36.1 Å². The molecule has 1 aliphatic rings. The van der Waals surface area contributed by atoms with E-state index in [0.29, 0.717) is 13.2 Å². The highest BCUT2D eigenvalue weighted by Gasteiger charge is 2.29. The third kappa shape index (κ3) is 3.07. The quantitative estimate of drug-likeness (QED) is 0.879. The molecule has 2 N–H and O–H groups in total. The van der Waals surface area contributed by atoms with E-state index in [1.54, 1.807) is 0 Å². The number of nitrogens with two attached hydrogens (primary N) is 1. The van der Waals surface area contributed by atoms with Gasteiger partial charge in [-0.2, -0.15) is 0 Å². The summed E-state index contributed by atoms with van der Waals surface area (Å²) >= 11 is 0. The molecule has 1 atom stereocenters. The van der Waals surface area contributed by atoms with Gasteiger partial charge in [-0.15, -0.1) is 0 Å². The van der Waals surface area contributed by atoms with Crippen molar-refractivity contribution in [1.82, 2.24) is 4.90 Å². The third-order valence-electron chi connectivity index (χ3n) is 3.58. The molecule has 0 aromatic heterocycles. The molecule has 1 aliphatic heterocycles. The van der Waals surface area contributed by atoms with Crippen LogP contribution in [0.4, 0.5) is 0 Å². The molecule has 0 saturated heterocycles. The number of hydrogen-bond donors (Lipinski definition) is 1. The Morgan fingerprint density at radius 3 is 3.00 bits per heavy atom. The molecule has 1 unspecified atom stereocenters. The molecule has 1 amide bonds. The molecule has 0 radical (unpaired) electrons. The zero-order chi connectivity index (χ0) is 13.7. The molecule has 1 aromatic carbocycles. The standard InChI is InChI=1S/C15H22N2O2/c1-2-17(10-5-9-16)15(18)13-8-11-19-14-7-4-3-6-12(13)14/h3-4,6-7,13H,2,5,8-11,16H2,1H3. The Hall–Kier alpha value is -1.55. The van der Waals surface area contributed by atoms with Gasteiger partial charge in [-0.25, -0.2) is 0 Å². The zero-order valence-corrected chi connectivity index (χ0v) is 11.5. The van der Waals surface area contributed by atoms with Gasteiger partial charge in [0, 0.05) is 18.7 Å². The summed E-state index contributed by atoms with van der Waals surface area (Å²) in [4.78, 5) is 14.5. The average molecular weight is 262 g/mol. The number of carbonyl (C=O) groups excluding carboxylic acids is 1. The Labute approximate surface area is 114 Å². The molecule has 2 rings (SSSR count). The number of benzene rings is 1. The molecule has 1 aromatic rings. The molecule has 19 heavy (non-hydrogen) atoms. The summed E-state index contributed by atoms with van der Waals surface area (Å²) in [6, 6.07) is 7.83. The molecular weight excluding hydrogens is 240 g/mol. The molecule has 0 spiro atoms. The van der Waals surface area contributed by atoms with E-state index in [1.165, 1.54) is 0 Å². The largest absolute Gasteiger partial charge is 0.493 e. The lowest BCUT2D eigenvalue weighted by Crippen LogP contribution is -2.38. The maximum atomic E-state index is 12.6. The van der Waals surface area contributed by atoms with Gasteiger partial charge in [0.2, 0.25) is 5.91 Å². The molecule has 0 fully saturated rings. The summed E-state index contributed by atoms with van der Waals surface area (Å²) in [6.45, 7) is 4.72. The second-order valence-electron chi connectivity index (χ2n) is 4.79. The van der Waals surface area contributed by atoms with Gasteiger partial charge >= 0.3 is 0 Å². The topological polar surface area (TPSA) is 55.6 Å². The predicted octanol–water partition coefficient (Wildman–Crippen LogP) is 1.75. The molecule has 104 valence electrons. The summed E-state index contributed by atoms with van der Waals surface area (Å²) in [7, 11) is 0. The molecule has 0 aliphatic carbocycles. The lowest BCUT2D eigenvalue weighted by atomic mass is 9.91. The first-order valence-corrected chi connectivity index (χ1v) is 6.98. The molecule has 0 saturated carbocycles. The molecular formula is C15H22N2O2. The second kappa shape index (κ2) is 6.57. The Morgan fingerprint density at radius 2 is 2.26 bits per heavy atom. The van der Waals surface area contributed by atoms with E-state index >= 15 is 0 Å². The minimum atomic E-state index is -0.0670. The molecule has 4 nitrogen and oxygen atoms in total. The van der Waals surface area contributed by atoms with E-state index in [9.17, 15) is 4.79 Å². The van der Waals surface area contributed by atoms with E-state index in [0.717, 1.165) is 37.2 Å². The Balaban J connectivity index is 2.15. The van der Waals surface area contributed by atoms with Gasteiger partial charge in [0.15, 0.2) is 0 Å². The summed E-state index contributed by atoms with van der Waals surface area (Å²) in [6.07, 6.45) is 1.61. The highest BCUT2D eigenvalue weighted by molar-refractivity contribution is 5.84. The normalized spacial score (nSPS) is 17.5. The highest BCUT2D eigenvalue weighted by Crippen LogP contribution is 2.34. The summed E-state index contributed by atoms with van der Waals surface area (Å²) < 4.78 is 5.61. The van der Waals surface area contributed by atoms with Crippen molar-refractivity contribution in [2.24, 2.45) is 5.73 Å². The van der Waals surface area contributed by atoms with E-state index in [2.05, 4.69) is 0 Å². The van der Waals surface area contributed by atoms with Crippen LogP contribution in [0.1, 0.15) is 31.2 Å². The van der Waals surface area contributed by atoms with Crippen LogP contribution < -0.4 is 10.5 Å². The second-order valence-corrected chi connectivity index (χ2v) is 4.79. The number of amides is 1. The number of likely N-dealkylation sites (N-methyl/N-ethyl adjacent to an activating group) is 1. The van der Waals surface area contributed by atoms with Gasteiger partial charge in [0.1, 0.15) is 5.75 Å². The monoisotopic (exact) mass is 262 g/mol. The summed E-state index contributed by atoms with van der Waals surface area (Å²) in [5, 5.41) is 0. The lowest BCUT2D eigenvalue weighted by Gasteiger charge is -2.30. The Kier molecular flexibility index (Phi) is 4.80.